The fraction of sp³-hybridized carbons (Fsp3) is 0.188. The van der Waals surface area contributed by atoms with Gasteiger partial charge in [-0.1, -0.05) is 29.3 Å². The summed E-state index contributed by atoms with van der Waals surface area (Å²) in [6.45, 7) is 3.68. The second-order valence-electron chi connectivity index (χ2n) is 4.85. The van der Waals surface area contributed by atoms with Crippen LogP contribution in [-0.4, -0.2) is 11.9 Å². The number of anilines is 2. The smallest absolute Gasteiger partial charge is 0.246 e. The largest absolute Gasteiger partial charge is 0.374 e. The second kappa shape index (κ2) is 6.59. The molecule has 1 atom stereocenters. The van der Waals surface area contributed by atoms with Crippen molar-refractivity contribution >= 4 is 28.9 Å². The van der Waals surface area contributed by atoms with E-state index in [1.165, 1.54) is 12.1 Å². The van der Waals surface area contributed by atoms with Crippen molar-refractivity contribution in [1.82, 2.24) is 0 Å². The molecule has 2 rings (SSSR count). The molecule has 0 aliphatic carbocycles. The van der Waals surface area contributed by atoms with Crippen molar-refractivity contribution in [3.63, 3.8) is 0 Å². The molecule has 0 fully saturated rings. The Morgan fingerprint density at radius 3 is 2.38 bits per heavy atom. The number of halogens is 2. The molecule has 0 heterocycles. The summed E-state index contributed by atoms with van der Waals surface area (Å²) in [6, 6.07) is 11.3. The lowest BCUT2D eigenvalue weighted by molar-refractivity contribution is -0.116. The van der Waals surface area contributed by atoms with E-state index < -0.39 is 11.9 Å². The van der Waals surface area contributed by atoms with Gasteiger partial charge in [0.25, 0.3) is 0 Å². The summed E-state index contributed by atoms with van der Waals surface area (Å²) < 4.78 is 13.3. The summed E-state index contributed by atoms with van der Waals surface area (Å²) in [7, 11) is 0. The van der Waals surface area contributed by atoms with Crippen molar-refractivity contribution in [3.05, 3.63) is 58.9 Å². The van der Waals surface area contributed by atoms with E-state index in [0.29, 0.717) is 5.69 Å². The quantitative estimate of drug-likeness (QED) is 0.887. The Labute approximate surface area is 128 Å². The highest BCUT2D eigenvalue weighted by molar-refractivity contribution is 6.30. The number of carbonyl (C=O) groups excluding carboxylic acids is 1. The van der Waals surface area contributed by atoms with Crippen molar-refractivity contribution in [2.45, 2.75) is 19.9 Å². The van der Waals surface area contributed by atoms with Gasteiger partial charge >= 0.3 is 0 Å². The van der Waals surface area contributed by atoms with Crippen LogP contribution >= 0.6 is 11.6 Å². The Morgan fingerprint density at radius 1 is 1.14 bits per heavy atom. The standard InChI is InChI=1S/C16H16ClFN2O/c1-10-3-5-12(6-4-10)20-16(21)11(2)19-13-7-8-14(17)15(18)9-13/h3-9,11,19H,1-2H3,(H,20,21). The van der Waals surface area contributed by atoms with Crippen molar-refractivity contribution in [3.8, 4) is 0 Å². The molecule has 3 nitrogen and oxygen atoms in total. The number of carbonyl (C=O) groups is 1. The van der Waals surface area contributed by atoms with E-state index in [2.05, 4.69) is 10.6 Å². The topological polar surface area (TPSA) is 41.1 Å². The molecule has 0 aliphatic rings. The van der Waals surface area contributed by atoms with Crippen LogP contribution in [0.15, 0.2) is 42.5 Å². The van der Waals surface area contributed by atoms with Gasteiger partial charge in [-0.2, -0.15) is 0 Å². The lowest BCUT2D eigenvalue weighted by Crippen LogP contribution is -2.31. The maximum absolute atomic E-state index is 13.3. The van der Waals surface area contributed by atoms with Gasteiger partial charge in [0.2, 0.25) is 5.91 Å². The first-order valence-corrected chi connectivity index (χ1v) is 6.92. The first-order chi connectivity index (χ1) is 9.95. The highest BCUT2D eigenvalue weighted by atomic mass is 35.5. The van der Waals surface area contributed by atoms with Gasteiger partial charge in [0, 0.05) is 11.4 Å². The maximum atomic E-state index is 13.3. The molecule has 0 aliphatic heterocycles. The maximum Gasteiger partial charge on any atom is 0.246 e. The average molecular weight is 307 g/mol. The van der Waals surface area contributed by atoms with E-state index in [9.17, 15) is 9.18 Å². The summed E-state index contributed by atoms with van der Waals surface area (Å²) in [5.74, 6) is -0.720. The monoisotopic (exact) mass is 306 g/mol. The van der Waals surface area contributed by atoms with Crippen LogP contribution in [-0.2, 0) is 4.79 Å². The third-order valence-electron chi connectivity index (χ3n) is 3.02. The molecule has 21 heavy (non-hydrogen) atoms. The van der Waals surface area contributed by atoms with Crippen LogP contribution in [0.5, 0.6) is 0 Å². The van der Waals surface area contributed by atoms with Crippen LogP contribution in [0.4, 0.5) is 15.8 Å². The Balaban J connectivity index is 1.98. The number of hydrogen-bond donors (Lipinski definition) is 2. The predicted molar refractivity (Wildman–Crippen MR) is 84.3 cm³/mol. The minimum absolute atomic E-state index is 0.0531. The molecule has 1 amide bonds. The Bertz CT molecular complexity index is 643. The molecule has 0 spiro atoms. The SMILES string of the molecule is Cc1ccc(NC(=O)C(C)Nc2ccc(Cl)c(F)c2)cc1. The van der Waals surface area contributed by atoms with Gasteiger partial charge in [-0.25, -0.2) is 4.39 Å². The van der Waals surface area contributed by atoms with Crippen molar-refractivity contribution in [2.75, 3.05) is 10.6 Å². The summed E-state index contributed by atoms with van der Waals surface area (Å²) in [4.78, 5) is 12.1. The van der Waals surface area contributed by atoms with E-state index in [4.69, 9.17) is 11.6 Å². The van der Waals surface area contributed by atoms with Crippen LogP contribution in [0.3, 0.4) is 0 Å². The Kier molecular flexibility index (Phi) is 4.81. The Morgan fingerprint density at radius 2 is 1.76 bits per heavy atom. The molecular formula is C16H16ClFN2O. The normalized spacial score (nSPS) is 11.8. The van der Waals surface area contributed by atoms with Gasteiger partial charge in [-0.05, 0) is 44.2 Å². The van der Waals surface area contributed by atoms with Crippen molar-refractivity contribution in [1.29, 1.82) is 0 Å². The van der Waals surface area contributed by atoms with Crippen LogP contribution < -0.4 is 10.6 Å². The second-order valence-corrected chi connectivity index (χ2v) is 5.26. The molecule has 0 bridgehead atoms. The van der Waals surface area contributed by atoms with Crippen molar-refractivity contribution in [2.24, 2.45) is 0 Å². The van der Waals surface area contributed by atoms with Crippen LogP contribution in [0, 0.1) is 12.7 Å². The zero-order chi connectivity index (χ0) is 15.4. The predicted octanol–water partition coefficient (Wildman–Crippen LogP) is 4.23. The lowest BCUT2D eigenvalue weighted by atomic mass is 10.2. The van der Waals surface area contributed by atoms with Crippen molar-refractivity contribution < 1.29 is 9.18 Å². The average Bonchev–Trinajstić information content (AvgIpc) is 2.45. The number of hydrogen-bond acceptors (Lipinski definition) is 2. The zero-order valence-corrected chi connectivity index (χ0v) is 12.5. The van der Waals surface area contributed by atoms with Gasteiger partial charge in [-0.3, -0.25) is 4.79 Å². The summed E-state index contributed by atoms with van der Waals surface area (Å²) in [6.07, 6.45) is 0. The summed E-state index contributed by atoms with van der Waals surface area (Å²) in [5.41, 5.74) is 2.35. The molecule has 0 saturated heterocycles. The van der Waals surface area contributed by atoms with Gasteiger partial charge in [0.1, 0.15) is 11.9 Å². The van der Waals surface area contributed by atoms with E-state index in [0.717, 1.165) is 11.3 Å². The molecule has 2 aromatic carbocycles. The first kappa shape index (κ1) is 15.3. The highest BCUT2D eigenvalue weighted by Crippen LogP contribution is 2.19. The van der Waals surface area contributed by atoms with E-state index in [-0.39, 0.29) is 10.9 Å². The zero-order valence-electron chi connectivity index (χ0n) is 11.8. The van der Waals surface area contributed by atoms with Gasteiger partial charge in [-0.15, -0.1) is 0 Å². The minimum Gasteiger partial charge on any atom is -0.374 e. The van der Waals surface area contributed by atoms with E-state index in [1.807, 2.05) is 31.2 Å². The molecule has 2 N–H and O–H groups in total. The lowest BCUT2D eigenvalue weighted by Gasteiger charge is -2.15. The number of amides is 1. The highest BCUT2D eigenvalue weighted by Gasteiger charge is 2.13. The number of benzene rings is 2. The third kappa shape index (κ3) is 4.20. The molecule has 0 radical (unpaired) electrons. The van der Waals surface area contributed by atoms with Crippen LogP contribution in [0.25, 0.3) is 0 Å². The number of nitrogens with one attached hydrogen (secondary N) is 2. The fourth-order valence-electron chi connectivity index (χ4n) is 1.79. The molecular weight excluding hydrogens is 291 g/mol. The van der Waals surface area contributed by atoms with Gasteiger partial charge in [0.05, 0.1) is 5.02 Å². The number of rotatable bonds is 4. The van der Waals surface area contributed by atoms with Gasteiger partial charge < -0.3 is 10.6 Å². The van der Waals surface area contributed by atoms with Crippen LogP contribution in [0.1, 0.15) is 12.5 Å². The Hall–Kier alpha value is -2.07. The summed E-state index contributed by atoms with van der Waals surface area (Å²) >= 11 is 5.62. The fourth-order valence-corrected chi connectivity index (χ4v) is 1.91. The molecule has 1 unspecified atom stereocenters. The minimum atomic E-state index is -0.521. The molecule has 2 aromatic rings. The molecule has 110 valence electrons. The number of aryl methyl sites for hydroxylation is 1. The van der Waals surface area contributed by atoms with E-state index in [1.54, 1.807) is 13.0 Å². The first-order valence-electron chi connectivity index (χ1n) is 6.55. The molecule has 0 saturated carbocycles. The van der Waals surface area contributed by atoms with Crippen LogP contribution in [0.2, 0.25) is 5.02 Å². The molecule has 0 aromatic heterocycles. The summed E-state index contributed by atoms with van der Waals surface area (Å²) in [5, 5.41) is 5.78. The molecule has 5 heteroatoms. The van der Waals surface area contributed by atoms with E-state index >= 15 is 0 Å². The third-order valence-corrected chi connectivity index (χ3v) is 3.32. The van der Waals surface area contributed by atoms with Gasteiger partial charge in [0.15, 0.2) is 0 Å².